The van der Waals surface area contributed by atoms with Gasteiger partial charge in [-0.05, 0) is 43.7 Å². The summed E-state index contributed by atoms with van der Waals surface area (Å²) < 4.78 is 0. The molecule has 3 rings (SSSR count). The number of hydrogen-bond acceptors (Lipinski definition) is 3. The van der Waals surface area contributed by atoms with E-state index in [-0.39, 0.29) is 12.2 Å². The highest BCUT2D eigenvalue weighted by Crippen LogP contribution is 2.46. The fourth-order valence-electron chi connectivity index (χ4n) is 3.51. The molecule has 2 fully saturated rings. The van der Waals surface area contributed by atoms with Crippen molar-refractivity contribution in [2.45, 2.75) is 65.2 Å². The predicted molar refractivity (Wildman–Crippen MR) is 87.2 cm³/mol. The van der Waals surface area contributed by atoms with E-state index >= 15 is 0 Å². The molecule has 0 radical (unpaired) electrons. The minimum atomic E-state index is -0.0275. The Bertz CT molecular complexity index is 525. The van der Waals surface area contributed by atoms with Gasteiger partial charge in [-0.2, -0.15) is 0 Å². The van der Waals surface area contributed by atoms with Gasteiger partial charge in [-0.25, -0.2) is 0 Å². The molecular weight excluding hydrogens is 280 g/mol. The second-order valence-corrected chi connectivity index (χ2v) is 8.16. The van der Waals surface area contributed by atoms with Crippen LogP contribution in [0.15, 0.2) is 12.1 Å². The summed E-state index contributed by atoms with van der Waals surface area (Å²) >= 11 is 1.81. The standard InChI is InChI=1S/C17H26N2OS/c1-5-6-12-9-13(12)19-16(14-8-7-11(4)21-14)18-15(10(2)3)17(19)20/h7-8,10,12-13,15-16,18H,5-6,9H2,1-4H3. The van der Waals surface area contributed by atoms with E-state index < -0.39 is 0 Å². The molecule has 0 bridgehead atoms. The second-order valence-electron chi connectivity index (χ2n) is 6.84. The second kappa shape index (κ2) is 5.73. The highest BCUT2D eigenvalue weighted by atomic mass is 32.1. The van der Waals surface area contributed by atoms with Crippen molar-refractivity contribution < 1.29 is 4.79 Å². The van der Waals surface area contributed by atoms with Gasteiger partial charge < -0.3 is 4.90 Å². The minimum absolute atomic E-state index is 0.0275. The maximum Gasteiger partial charge on any atom is 0.241 e. The summed E-state index contributed by atoms with van der Waals surface area (Å²) in [5.74, 6) is 1.37. The van der Waals surface area contributed by atoms with Crippen molar-refractivity contribution in [1.29, 1.82) is 0 Å². The molecule has 1 aliphatic carbocycles. The molecule has 1 aromatic heterocycles. The molecule has 1 saturated carbocycles. The zero-order valence-electron chi connectivity index (χ0n) is 13.4. The first kappa shape index (κ1) is 15.0. The van der Waals surface area contributed by atoms with E-state index in [9.17, 15) is 4.79 Å². The lowest BCUT2D eigenvalue weighted by Crippen LogP contribution is -2.36. The monoisotopic (exact) mass is 306 g/mol. The summed E-state index contributed by atoms with van der Waals surface area (Å²) in [4.78, 5) is 17.6. The van der Waals surface area contributed by atoms with Crippen LogP contribution in [-0.4, -0.2) is 22.9 Å². The number of nitrogens with one attached hydrogen (secondary N) is 1. The van der Waals surface area contributed by atoms with Gasteiger partial charge in [0.1, 0.15) is 6.17 Å². The van der Waals surface area contributed by atoms with Crippen LogP contribution in [0.2, 0.25) is 0 Å². The van der Waals surface area contributed by atoms with Crippen LogP contribution >= 0.6 is 11.3 Å². The molecule has 4 atom stereocenters. The maximum atomic E-state index is 12.8. The first-order valence-corrected chi connectivity index (χ1v) is 8.99. The summed E-state index contributed by atoms with van der Waals surface area (Å²) in [5.41, 5.74) is 0. The summed E-state index contributed by atoms with van der Waals surface area (Å²) in [7, 11) is 0. The van der Waals surface area contributed by atoms with Gasteiger partial charge in [0.25, 0.3) is 0 Å². The molecule has 3 nitrogen and oxygen atoms in total. The van der Waals surface area contributed by atoms with E-state index in [1.165, 1.54) is 29.0 Å². The van der Waals surface area contributed by atoms with E-state index in [2.05, 4.69) is 50.0 Å². The Morgan fingerprint density at radius 2 is 2.19 bits per heavy atom. The van der Waals surface area contributed by atoms with Crippen molar-refractivity contribution in [3.63, 3.8) is 0 Å². The van der Waals surface area contributed by atoms with Gasteiger partial charge in [-0.3, -0.25) is 10.1 Å². The topological polar surface area (TPSA) is 32.3 Å². The van der Waals surface area contributed by atoms with Crippen LogP contribution in [-0.2, 0) is 4.79 Å². The van der Waals surface area contributed by atoms with E-state index in [4.69, 9.17) is 0 Å². The molecule has 1 aromatic rings. The van der Waals surface area contributed by atoms with E-state index in [0.717, 1.165) is 5.92 Å². The van der Waals surface area contributed by atoms with Crippen molar-refractivity contribution >= 4 is 17.2 Å². The highest BCUT2D eigenvalue weighted by Gasteiger charge is 2.52. The molecule has 0 spiro atoms. The summed E-state index contributed by atoms with van der Waals surface area (Å²) in [6.07, 6.45) is 3.74. The van der Waals surface area contributed by atoms with Crippen molar-refractivity contribution in [3.8, 4) is 0 Å². The average Bonchev–Trinajstić information content (AvgIpc) is 2.88. The molecule has 4 unspecified atom stereocenters. The fourth-order valence-corrected chi connectivity index (χ4v) is 4.45. The molecule has 1 aliphatic heterocycles. The zero-order valence-corrected chi connectivity index (χ0v) is 14.2. The minimum Gasteiger partial charge on any atom is -0.317 e. The lowest BCUT2D eigenvalue weighted by atomic mass is 10.1. The van der Waals surface area contributed by atoms with Gasteiger partial charge in [0.2, 0.25) is 5.91 Å². The lowest BCUT2D eigenvalue weighted by molar-refractivity contribution is -0.131. The number of thiophene rings is 1. The third-order valence-corrected chi connectivity index (χ3v) is 5.79. The molecule has 2 heterocycles. The molecule has 116 valence electrons. The molecule has 0 aromatic carbocycles. The molecule has 1 amide bonds. The lowest BCUT2D eigenvalue weighted by Gasteiger charge is -2.24. The van der Waals surface area contributed by atoms with Gasteiger partial charge in [0.15, 0.2) is 0 Å². The SMILES string of the molecule is CCCC1CC1N1C(=O)C(C(C)C)NC1c1ccc(C)s1. The van der Waals surface area contributed by atoms with E-state index in [1.54, 1.807) is 0 Å². The highest BCUT2D eigenvalue weighted by molar-refractivity contribution is 7.12. The molecule has 1 saturated heterocycles. The molecule has 4 heteroatoms. The maximum absolute atomic E-state index is 12.8. The number of aryl methyl sites for hydroxylation is 1. The van der Waals surface area contributed by atoms with Crippen molar-refractivity contribution in [2.75, 3.05) is 0 Å². The van der Waals surface area contributed by atoms with Crippen molar-refractivity contribution in [1.82, 2.24) is 10.2 Å². The third-order valence-electron chi connectivity index (χ3n) is 4.74. The van der Waals surface area contributed by atoms with Gasteiger partial charge in [0.05, 0.1) is 6.04 Å². The molecule has 21 heavy (non-hydrogen) atoms. The molecule has 2 aliphatic rings. The Morgan fingerprint density at radius 1 is 1.43 bits per heavy atom. The van der Waals surface area contributed by atoms with E-state index in [1.807, 2.05) is 11.3 Å². The van der Waals surface area contributed by atoms with Crippen LogP contribution in [0.25, 0.3) is 0 Å². The Hall–Kier alpha value is -0.870. The van der Waals surface area contributed by atoms with Crippen LogP contribution in [0.4, 0.5) is 0 Å². The first-order valence-electron chi connectivity index (χ1n) is 8.17. The Labute approximate surface area is 131 Å². The van der Waals surface area contributed by atoms with Crippen LogP contribution in [0, 0.1) is 18.8 Å². The van der Waals surface area contributed by atoms with Gasteiger partial charge in [0, 0.05) is 15.8 Å². The van der Waals surface area contributed by atoms with Crippen LogP contribution in [0.3, 0.4) is 0 Å². The Balaban J connectivity index is 1.84. The number of rotatable bonds is 5. The first-order chi connectivity index (χ1) is 10.0. The van der Waals surface area contributed by atoms with Crippen LogP contribution in [0.1, 0.15) is 56.0 Å². The van der Waals surface area contributed by atoms with Gasteiger partial charge in [-0.15, -0.1) is 11.3 Å². The normalized spacial score (nSPS) is 32.2. The van der Waals surface area contributed by atoms with Crippen LogP contribution in [0.5, 0.6) is 0 Å². The summed E-state index contributed by atoms with van der Waals surface area (Å²) in [5, 5.41) is 3.59. The van der Waals surface area contributed by atoms with Crippen LogP contribution < -0.4 is 5.32 Å². The van der Waals surface area contributed by atoms with Crippen molar-refractivity contribution in [2.24, 2.45) is 11.8 Å². The Morgan fingerprint density at radius 3 is 2.76 bits per heavy atom. The largest absolute Gasteiger partial charge is 0.317 e. The quantitative estimate of drug-likeness (QED) is 0.899. The zero-order chi connectivity index (χ0) is 15.1. The average molecular weight is 306 g/mol. The Kier molecular flexibility index (Phi) is 4.10. The number of amides is 1. The van der Waals surface area contributed by atoms with Crippen molar-refractivity contribution in [3.05, 3.63) is 21.9 Å². The number of carbonyl (C=O) groups excluding carboxylic acids is 1. The summed E-state index contributed by atoms with van der Waals surface area (Å²) in [6.45, 7) is 8.63. The predicted octanol–water partition coefficient (Wildman–Crippen LogP) is 3.70. The molecular formula is C17H26N2OS. The number of carbonyl (C=O) groups is 1. The number of hydrogen-bond donors (Lipinski definition) is 1. The molecule has 1 N–H and O–H groups in total. The van der Waals surface area contributed by atoms with E-state index in [0.29, 0.717) is 17.9 Å². The fraction of sp³-hybridized carbons (Fsp3) is 0.706. The number of nitrogens with zero attached hydrogens (tertiary/aromatic N) is 1. The van der Waals surface area contributed by atoms with Gasteiger partial charge in [-0.1, -0.05) is 27.2 Å². The smallest absolute Gasteiger partial charge is 0.241 e. The third kappa shape index (κ3) is 2.76. The summed E-state index contributed by atoms with van der Waals surface area (Å²) in [6, 6.07) is 4.77. The van der Waals surface area contributed by atoms with Gasteiger partial charge >= 0.3 is 0 Å².